The average molecular weight is 358 g/mol. The number of hydrogen-bond donors (Lipinski definition) is 2. The van der Waals surface area contributed by atoms with E-state index in [1.54, 1.807) is 0 Å². The molecule has 2 aliphatic rings. The lowest BCUT2D eigenvalue weighted by atomic mass is 10.2. The number of nitrogens with one attached hydrogen (secondary N) is 1. The minimum absolute atomic E-state index is 0.0833. The minimum Gasteiger partial charge on any atom is -0.477 e. The number of aliphatic carboxylic acids is 1. The maximum absolute atomic E-state index is 11.9. The van der Waals surface area contributed by atoms with Gasteiger partial charge in [0.25, 0.3) is 0 Å². The van der Waals surface area contributed by atoms with E-state index in [1.807, 2.05) is 0 Å². The number of cyclic esters (lactones) is 4. The first kappa shape index (κ1) is 19.0. The van der Waals surface area contributed by atoms with Crippen molar-refractivity contribution < 1.29 is 43.0 Å². The van der Waals surface area contributed by atoms with Crippen molar-refractivity contribution in [3.63, 3.8) is 0 Å². The number of carbonyl (C=O) groups excluding carboxylic acids is 4. The van der Waals surface area contributed by atoms with Crippen molar-refractivity contribution in [1.29, 1.82) is 0 Å². The van der Waals surface area contributed by atoms with Gasteiger partial charge in [0.15, 0.2) is 13.1 Å². The Labute approximate surface area is 143 Å². The molecule has 25 heavy (non-hydrogen) atoms. The van der Waals surface area contributed by atoms with Crippen LogP contribution in [0.15, 0.2) is 0 Å². The monoisotopic (exact) mass is 358 g/mol. The van der Waals surface area contributed by atoms with E-state index < -0.39 is 29.8 Å². The fraction of sp³-hybridized carbons (Fsp3) is 0.643. The lowest BCUT2D eigenvalue weighted by Gasteiger charge is -2.37. The SMILES string of the molecule is O=C(O)C[N+]1(CCN2CC(=O)OC(=O)C2)CCNCC(=O)OC(=O)C1. The van der Waals surface area contributed by atoms with Crippen LogP contribution in [0, 0.1) is 0 Å². The number of quaternary nitrogens is 1. The zero-order valence-corrected chi connectivity index (χ0v) is 13.6. The molecule has 0 spiro atoms. The van der Waals surface area contributed by atoms with Gasteiger partial charge in [-0.25, -0.2) is 9.59 Å². The number of morpholine rings is 1. The predicted octanol–water partition coefficient (Wildman–Crippen LogP) is -3.05. The molecule has 0 aromatic rings. The smallest absolute Gasteiger partial charge is 0.369 e. The van der Waals surface area contributed by atoms with Crippen molar-refractivity contribution in [1.82, 2.24) is 10.2 Å². The number of carboxylic acids is 1. The van der Waals surface area contributed by atoms with Gasteiger partial charge in [0.05, 0.1) is 32.7 Å². The second-order valence-electron chi connectivity index (χ2n) is 6.08. The van der Waals surface area contributed by atoms with Gasteiger partial charge in [-0.15, -0.1) is 0 Å². The summed E-state index contributed by atoms with van der Waals surface area (Å²) in [6.45, 7) is 0.0686. The Morgan fingerprint density at radius 2 is 1.72 bits per heavy atom. The third kappa shape index (κ3) is 5.89. The van der Waals surface area contributed by atoms with Crippen LogP contribution in [0.4, 0.5) is 0 Å². The van der Waals surface area contributed by atoms with Crippen molar-refractivity contribution in [2.24, 2.45) is 0 Å². The Hall–Kier alpha value is -2.37. The highest BCUT2D eigenvalue weighted by molar-refractivity contribution is 5.90. The molecule has 11 nitrogen and oxygen atoms in total. The number of rotatable bonds is 5. The molecule has 2 rings (SSSR count). The van der Waals surface area contributed by atoms with Crippen LogP contribution in [0.1, 0.15) is 0 Å². The molecular formula is C14H20N3O8+. The molecule has 0 saturated carbocycles. The molecule has 11 heteroatoms. The number of esters is 4. The van der Waals surface area contributed by atoms with Crippen molar-refractivity contribution in [2.75, 3.05) is 58.9 Å². The van der Waals surface area contributed by atoms with E-state index in [-0.39, 0.29) is 56.8 Å². The maximum atomic E-state index is 11.9. The summed E-state index contributed by atoms with van der Waals surface area (Å²) in [5.41, 5.74) is 0. The highest BCUT2D eigenvalue weighted by atomic mass is 16.6. The molecule has 138 valence electrons. The summed E-state index contributed by atoms with van der Waals surface area (Å²) >= 11 is 0. The van der Waals surface area contributed by atoms with Gasteiger partial charge in [0.1, 0.15) is 0 Å². The van der Waals surface area contributed by atoms with Gasteiger partial charge in [0, 0.05) is 13.1 Å². The quantitative estimate of drug-likeness (QED) is 0.296. The van der Waals surface area contributed by atoms with E-state index in [4.69, 9.17) is 0 Å². The second-order valence-corrected chi connectivity index (χ2v) is 6.08. The van der Waals surface area contributed by atoms with E-state index in [1.165, 1.54) is 4.90 Å². The van der Waals surface area contributed by atoms with Crippen LogP contribution in [0.25, 0.3) is 0 Å². The van der Waals surface area contributed by atoms with Gasteiger partial charge in [-0.2, -0.15) is 0 Å². The number of hydrogen-bond acceptors (Lipinski definition) is 9. The molecule has 0 bridgehead atoms. The van der Waals surface area contributed by atoms with Gasteiger partial charge >= 0.3 is 29.8 Å². The molecule has 2 saturated heterocycles. The highest BCUT2D eigenvalue weighted by Gasteiger charge is 2.37. The Kier molecular flexibility index (Phi) is 6.17. The van der Waals surface area contributed by atoms with Crippen molar-refractivity contribution in [3.8, 4) is 0 Å². The number of carboxylic acid groups (broad SMARTS) is 1. The second kappa shape index (κ2) is 8.14. The molecule has 0 aromatic carbocycles. The lowest BCUT2D eigenvalue weighted by molar-refractivity contribution is -0.912. The Bertz CT molecular complexity index is 577. The molecule has 2 aliphatic heterocycles. The maximum Gasteiger partial charge on any atom is 0.369 e. The first-order chi connectivity index (χ1) is 11.8. The average Bonchev–Trinajstić information content (AvgIpc) is 2.53. The van der Waals surface area contributed by atoms with Gasteiger partial charge in [-0.1, -0.05) is 0 Å². The van der Waals surface area contributed by atoms with Crippen LogP contribution in [0.2, 0.25) is 0 Å². The molecule has 1 unspecified atom stereocenters. The summed E-state index contributed by atoms with van der Waals surface area (Å²) in [4.78, 5) is 58.8. The van der Waals surface area contributed by atoms with Gasteiger partial charge < -0.3 is 24.4 Å². The molecule has 2 heterocycles. The standard InChI is InChI=1S/C14H19N3O8/c18-10(19)8-17(3-1-15-5-11(20)24-14(23)9-17)4-2-16-6-12(21)25-13(22)7-16/h15H,1-9H2/p+1. The lowest BCUT2D eigenvalue weighted by Crippen LogP contribution is -2.59. The van der Waals surface area contributed by atoms with Crippen LogP contribution in [-0.4, -0.2) is 103 Å². The third-order valence-electron chi connectivity index (χ3n) is 4.02. The summed E-state index contributed by atoms with van der Waals surface area (Å²) in [5, 5.41) is 12.0. The summed E-state index contributed by atoms with van der Waals surface area (Å²) in [6, 6.07) is 0. The van der Waals surface area contributed by atoms with Crippen LogP contribution in [0.5, 0.6) is 0 Å². The molecule has 0 amide bonds. The molecule has 1 atom stereocenters. The largest absolute Gasteiger partial charge is 0.477 e. The Morgan fingerprint density at radius 1 is 1.08 bits per heavy atom. The first-order valence-corrected chi connectivity index (χ1v) is 7.75. The molecule has 2 fully saturated rings. The fourth-order valence-electron chi connectivity index (χ4n) is 2.87. The van der Waals surface area contributed by atoms with E-state index in [0.29, 0.717) is 6.54 Å². The van der Waals surface area contributed by atoms with Crippen LogP contribution in [-0.2, 0) is 33.4 Å². The third-order valence-corrected chi connectivity index (χ3v) is 4.02. The van der Waals surface area contributed by atoms with E-state index in [2.05, 4.69) is 14.8 Å². The zero-order chi connectivity index (χ0) is 18.4. The highest BCUT2D eigenvalue weighted by Crippen LogP contribution is 2.11. The van der Waals surface area contributed by atoms with E-state index >= 15 is 0 Å². The van der Waals surface area contributed by atoms with Crippen molar-refractivity contribution >= 4 is 29.8 Å². The molecule has 2 N–H and O–H groups in total. The van der Waals surface area contributed by atoms with Gasteiger partial charge in [-0.05, 0) is 0 Å². The van der Waals surface area contributed by atoms with E-state index in [9.17, 15) is 29.1 Å². The number of carbonyl (C=O) groups is 5. The van der Waals surface area contributed by atoms with Gasteiger partial charge in [-0.3, -0.25) is 19.3 Å². The number of nitrogens with zero attached hydrogens (tertiary/aromatic N) is 2. The summed E-state index contributed by atoms with van der Waals surface area (Å²) in [6.07, 6.45) is 0. The molecule has 0 aliphatic carbocycles. The summed E-state index contributed by atoms with van der Waals surface area (Å²) < 4.78 is 8.92. The summed E-state index contributed by atoms with van der Waals surface area (Å²) in [7, 11) is 0. The fourth-order valence-corrected chi connectivity index (χ4v) is 2.87. The Morgan fingerprint density at radius 3 is 2.36 bits per heavy atom. The van der Waals surface area contributed by atoms with Gasteiger partial charge in [0.2, 0.25) is 0 Å². The zero-order valence-electron chi connectivity index (χ0n) is 13.6. The predicted molar refractivity (Wildman–Crippen MR) is 78.9 cm³/mol. The molecule has 0 radical (unpaired) electrons. The normalized spacial score (nSPS) is 26.2. The van der Waals surface area contributed by atoms with Crippen LogP contribution < -0.4 is 5.32 Å². The Balaban J connectivity index is 2.10. The minimum atomic E-state index is -1.10. The van der Waals surface area contributed by atoms with Crippen molar-refractivity contribution in [3.05, 3.63) is 0 Å². The van der Waals surface area contributed by atoms with Crippen LogP contribution in [0.3, 0.4) is 0 Å². The van der Waals surface area contributed by atoms with Crippen LogP contribution >= 0.6 is 0 Å². The molecular weight excluding hydrogens is 338 g/mol. The van der Waals surface area contributed by atoms with Crippen molar-refractivity contribution in [2.45, 2.75) is 0 Å². The summed E-state index contributed by atoms with van der Waals surface area (Å²) in [5.74, 6) is -3.96. The first-order valence-electron chi connectivity index (χ1n) is 7.75. The topological polar surface area (TPSA) is 139 Å². The van der Waals surface area contributed by atoms with E-state index in [0.717, 1.165) is 0 Å². The molecule has 0 aromatic heterocycles. The number of ether oxygens (including phenoxy) is 2.